The second-order valence-corrected chi connectivity index (χ2v) is 6.44. The molecule has 1 aliphatic heterocycles. The van der Waals surface area contributed by atoms with Gasteiger partial charge in [-0.3, -0.25) is 14.4 Å². The molecule has 0 radical (unpaired) electrons. The number of nitrogens with one attached hydrogen (secondary N) is 1. The summed E-state index contributed by atoms with van der Waals surface area (Å²) in [6.07, 6.45) is 0.973. The van der Waals surface area contributed by atoms with Crippen molar-refractivity contribution in [2.75, 3.05) is 32.8 Å². The molecule has 2 fully saturated rings. The van der Waals surface area contributed by atoms with E-state index in [1.165, 1.54) is 6.20 Å². The van der Waals surface area contributed by atoms with Crippen molar-refractivity contribution in [3.05, 3.63) is 11.9 Å². The smallest absolute Gasteiger partial charge is 0.274 e. The second-order valence-electron chi connectivity index (χ2n) is 6.44. The standard InChI is InChI=1S/C15H23F2N5O2/c16-14(17)15(3-1-2-4-15)18-13(23)12-11-22(20-19-12)6-5-21-7-9-24-10-8-21/h11,14H,1-10H2,(H,18,23). The Hall–Kier alpha value is -1.61. The molecule has 24 heavy (non-hydrogen) atoms. The van der Waals surface area contributed by atoms with E-state index in [2.05, 4.69) is 20.5 Å². The molecule has 1 aliphatic carbocycles. The lowest BCUT2D eigenvalue weighted by Crippen LogP contribution is -2.51. The van der Waals surface area contributed by atoms with Gasteiger partial charge in [0.15, 0.2) is 5.69 Å². The molecule has 0 aromatic carbocycles. The Balaban J connectivity index is 1.55. The van der Waals surface area contributed by atoms with Crippen molar-refractivity contribution >= 4 is 5.91 Å². The van der Waals surface area contributed by atoms with Gasteiger partial charge >= 0.3 is 0 Å². The Morgan fingerprint density at radius 2 is 2.00 bits per heavy atom. The second kappa shape index (κ2) is 7.52. The molecule has 0 bridgehead atoms. The fraction of sp³-hybridized carbons (Fsp3) is 0.800. The fourth-order valence-electron chi connectivity index (χ4n) is 3.27. The van der Waals surface area contributed by atoms with Crippen LogP contribution in [-0.4, -0.2) is 70.6 Å². The van der Waals surface area contributed by atoms with Crippen LogP contribution in [0.15, 0.2) is 6.20 Å². The van der Waals surface area contributed by atoms with Crippen molar-refractivity contribution < 1.29 is 18.3 Å². The largest absolute Gasteiger partial charge is 0.379 e. The molecular formula is C15H23F2N5O2. The number of alkyl halides is 2. The summed E-state index contributed by atoms with van der Waals surface area (Å²) in [4.78, 5) is 14.5. The lowest BCUT2D eigenvalue weighted by Gasteiger charge is -2.28. The molecule has 9 heteroatoms. The first kappa shape index (κ1) is 17.2. The minimum atomic E-state index is -2.57. The van der Waals surface area contributed by atoms with Gasteiger partial charge in [0.25, 0.3) is 12.3 Å². The predicted octanol–water partition coefficient (Wildman–Crippen LogP) is 0.918. The van der Waals surface area contributed by atoms with Crippen LogP contribution in [0, 0.1) is 0 Å². The number of hydrogen-bond acceptors (Lipinski definition) is 5. The van der Waals surface area contributed by atoms with E-state index in [4.69, 9.17) is 4.74 Å². The molecule has 7 nitrogen and oxygen atoms in total. The number of rotatable bonds is 6. The minimum Gasteiger partial charge on any atom is -0.379 e. The number of morpholine rings is 1. The average Bonchev–Trinajstić information content (AvgIpc) is 3.24. The SMILES string of the molecule is O=C(NC1(C(F)F)CCCC1)c1cn(CCN2CCOCC2)nn1. The highest BCUT2D eigenvalue weighted by Gasteiger charge is 2.44. The summed E-state index contributed by atoms with van der Waals surface area (Å²) in [6.45, 7) is 4.58. The number of hydrogen-bond donors (Lipinski definition) is 1. The lowest BCUT2D eigenvalue weighted by molar-refractivity contribution is 0.0302. The van der Waals surface area contributed by atoms with E-state index < -0.39 is 17.9 Å². The quantitative estimate of drug-likeness (QED) is 0.832. The molecule has 1 saturated carbocycles. The van der Waals surface area contributed by atoms with Crippen LogP contribution in [0.25, 0.3) is 0 Å². The molecule has 0 atom stereocenters. The van der Waals surface area contributed by atoms with Gasteiger partial charge in [0.05, 0.1) is 26.0 Å². The van der Waals surface area contributed by atoms with Crippen molar-refractivity contribution in [2.24, 2.45) is 0 Å². The number of ether oxygens (including phenoxy) is 1. The van der Waals surface area contributed by atoms with Crippen LogP contribution in [0.1, 0.15) is 36.2 Å². The van der Waals surface area contributed by atoms with Crippen LogP contribution in [0.5, 0.6) is 0 Å². The number of halogens is 2. The monoisotopic (exact) mass is 343 g/mol. The number of amides is 1. The Bertz CT molecular complexity index is 554. The highest BCUT2D eigenvalue weighted by Crippen LogP contribution is 2.35. The molecule has 0 unspecified atom stereocenters. The van der Waals surface area contributed by atoms with Gasteiger partial charge in [-0.25, -0.2) is 8.78 Å². The third-order valence-corrected chi connectivity index (χ3v) is 4.80. The summed E-state index contributed by atoms with van der Waals surface area (Å²) >= 11 is 0. The summed E-state index contributed by atoms with van der Waals surface area (Å²) in [7, 11) is 0. The van der Waals surface area contributed by atoms with Crippen molar-refractivity contribution in [2.45, 2.75) is 44.2 Å². The molecule has 1 N–H and O–H groups in total. The zero-order valence-corrected chi connectivity index (χ0v) is 13.6. The van der Waals surface area contributed by atoms with Gasteiger partial charge in [-0.2, -0.15) is 0 Å². The van der Waals surface area contributed by atoms with E-state index in [1.54, 1.807) is 4.68 Å². The zero-order valence-electron chi connectivity index (χ0n) is 13.6. The van der Waals surface area contributed by atoms with Gasteiger partial charge in [0.1, 0.15) is 5.54 Å². The Kier molecular flexibility index (Phi) is 5.40. The van der Waals surface area contributed by atoms with Gasteiger partial charge in [0, 0.05) is 19.6 Å². The lowest BCUT2D eigenvalue weighted by atomic mass is 9.98. The molecule has 1 aromatic heterocycles. The third-order valence-electron chi connectivity index (χ3n) is 4.80. The van der Waals surface area contributed by atoms with Crippen LogP contribution >= 0.6 is 0 Å². The number of aromatic nitrogens is 3. The Labute approximate surface area is 139 Å². The Morgan fingerprint density at radius 3 is 2.67 bits per heavy atom. The van der Waals surface area contributed by atoms with Crippen molar-refractivity contribution in [1.82, 2.24) is 25.2 Å². The van der Waals surface area contributed by atoms with E-state index in [1.807, 2.05) is 0 Å². The first-order valence-corrected chi connectivity index (χ1v) is 8.40. The van der Waals surface area contributed by atoms with Crippen LogP contribution in [0.3, 0.4) is 0 Å². The molecule has 2 aliphatic rings. The number of nitrogens with zero attached hydrogens (tertiary/aromatic N) is 4. The summed E-state index contributed by atoms with van der Waals surface area (Å²) in [5.74, 6) is -0.574. The normalized spacial score (nSPS) is 21.3. The van der Waals surface area contributed by atoms with Crippen LogP contribution < -0.4 is 5.32 Å². The number of carbonyl (C=O) groups is 1. The molecule has 1 saturated heterocycles. The van der Waals surface area contributed by atoms with Crippen LogP contribution in [-0.2, 0) is 11.3 Å². The summed E-state index contributed by atoms with van der Waals surface area (Å²) < 4.78 is 33.5. The molecule has 2 heterocycles. The molecule has 134 valence electrons. The Morgan fingerprint density at radius 1 is 1.29 bits per heavy atom. The van der Waals surface area contributed by atoms with Crippen molar-refractivity contribution in [3.63, 3.8) is 0 Å². The molecule has 1 amide bonds. The highest BCUT2D eigenvalue weighted by molar-refractivity contribution is 5.92. The predicted molar refractivity (Wildman–Crippen MR) is 82.0 cm³/mol. The summed E-state index contributed by atoms with van der Waals surface area (Å²) in [6, 6.07) is 0. The van der Waals surface area contributed by atoms with Gasteiger partial charge < -0.3 is 10.1 Å². The van der Waals surface area contributed by atoms with E-state index in [0.29, 0.717) is 32.2 Å². The maximum atomic E-state index is 13.3. The summed E-state index contributed by atoms with van der Waals surface area (Å²) in [5.41, 5.74) is -1.32. The van der Waals surface area contributed by atoms with Crippen molar-refractivity contribution in [3.8, 4) is 0 Å². The van der Waals surface area contributed by atoms with Gasteiger partial charge in [-0.1, -0.05) is 18.1 Å². The first-order chi connectivity index (χ1) is 11.6. The van der Waals surface area contributed by atoms with E-state index in [9.17, 15) is 13.6 Å². The van der Waals surface area contributed by atoms with Crippen molar-refractivity contribution in [1.29, 1.82) is 0 Å². The van der Waals surface area contributed by atoms with Gasteiger partial charge in [-0.05, 0) is 12.8 Å². The summed E-state index contributed by atoms with van der Waals surface area (Å²) in [5, 5.41) is 10.2. The third kappa shape index (κ3) is 3.89. The molecule has 0 spiro atoms. The van der Waals surface area contributed by atoms with Crippen LogP contribution in [0.2, 0.25) is 0 Å². The van der Waals surface area contributed by atoms with E-state index in [0.717, 1.165) is 32.8 Å². The fourth-order valence-corrected chi connectivity index (χ4v) is 3.27. The van der Waals surface area contributed by atoms with Gasteiger partial charge in [0.2, 0.25) is 0 Å². The topological polar surface area (TPSA) is 72.3 Å². The molecule has 1 aromatic rings. The van der Waals surface area contributed by atoms with Gasteiger partial charge in [-0.15, -0.1) is 5.10 Å². The van der Waals surface area contributed by atoms with E-state index >= 15 is 0 Å². The molecular weight excluding hydrogens is 320 g/mol. The zero-order chi connectivity index (χ0) is 17.0. The first-order valence-electron chi connectivity index (χ1n) is 8.40. The maximum Gasteiger partial charge on any atom is 0.274 e. The van der Waals surface area contributed by atoms with E-state index in [-0.39, 0.29) is 5.69 Å². The van der Waals surface area contributed by atoms with Crippen LogP contribution in [0.4, 0.5) is 8.78 Å². The highest BCUT2D eigenvalue weighted by atomic mass is 19.3. The number of carbonyl (C=O) groups excluding carboxylic acids is 1. The maximum absolute atomic E-state index is 13.3. The average molecular weight is 343 g/mol. The molecule has 3 rings (SSSR count). The minimum absolute atomic E-state index is 0.0869.